The Balaban J connectivity index is 1.63. The molecule has 0 unspecified atom stereocenters. The zero-order chi connectivity index (χ0) is 21.0. The molecule has 3 aromatic rings. The fraction of sp³-hybridized carbons (Fsp3) is 0.150. The SMILES string of the molecule is CC(=O)Nc1ccc(-c2csc(NC(=O)CCc3cc(F)ccc3F)n2)c(F)c1. The number of hydrogen-bond donors (Lipinski definition) is 2. The second-order valence-electron chi connectivity index (χ2n) is 6.20. The third-order valence-electron chi connectivity index (χ3n) is 3.95. The molecule has 2 aromatic carbocycles. The number of aromatic nitrogens is 1. The number of nitrogens with zero attached hydrogens (tertiary/aromatic N) is 1. The van der Waals surface area contributed by atoms with E-state index in [1.165, 1.54) is 19.1 Å². The molecule has 0 aliphatic carbocycles. The summed E-state index contributed by atoms with van der Waals surface area (Å²) in [4.78, 5) is 27.3. The van der Waals surface area contributed by atoms with Crippen molar-refractivity contribution in [2.24, 2.45) is 0 Å². The molecule has 29 heavy (non-hydrogen) atoms. The summed E-state index contributed by atoms with van der Waals surface area (Å²) in [6.45, 7) is 1.32. The number of halogens is 3. The fourth-order valence-electron chi connectivity index (χ4n) is 2.62. The Kier molecular flexibility index (Phi) is 6.28. The number of carbonyl (C=O) groups is 2. The quantitative estimate of drug-likeness (QED) is 0.605. The first-order valence-electron chi connectivity index (χ1n) is 8.58. The van der Waals surface area contributed by atoms with Crippen LogP contribution in [0.1, 0.15) is 18.9 Å². The molecule has 0 fully saturated rings. The van der Waals surface area contributed by atoms with Crippen LogP contribution in [0.2, 0.25) is 0 Å². The average molecular weight is 419 g/mol. The first-order valence-corrected chi connectivity index (χ1v) is 9.46. The topological polar surface area (TPSA) is 71.1 Å². The van der Waals surface area contributed by atoms with Gasteiger partial charge in [-0.15, -0.1) is 11.3 Å². The molecule has 0 spiro atoms. The first-order chi connectivity index (χ1) is 13.8. The van der Waals surface area contributed by atoms with E-state index in [1.807, 2.05) is 0 Å². The van der Waals surface area contributed by atoms with Gasteiger partial charge in [-0.05, 0) is 48.4 Å². The lowest BCUT2D eigenvalue weighted by atomic mass is 10.1. The summed E-state index contributed by atoms with van der Waals surface area (Å²) >= 11 is 1.11. The number of rotatable bonds is 6. The van der Waals surface area contributed by atoms with E-state index < -0.39 is 23.4 Å². The maximum atomic E-state index is 14.3. The summed E-state index contributed by atoms with van der Waals surface area (Å²) in [5.41, 5.74) is 0.986. The molecule has 0 saturated heterocycles. The van der Waals surface area contributed by atoms with E-state index in [4.69, 9.17) is 0 Å². The molecule has 3 rings (SSSR count). The summed E-state index contributed by atoms with van der Waals surface area (Å²) in [7, 11) is 0. The molecule has 0 bridgehead atoms. The number of nitrogens with one attached hydrogen (secondary N) is 2. The number of aryl methyl sites for hydroxylation is 1. The molecule has 2 amide bonds. The smallest absolute Gasteiger partial charge is 0.226 e. The zero-order valence-electron chi connectivity index (χ0n) is 15.3. The van der Waals surface area contributed by atoms with Crippen LogP contribution in [0.5, 0.6) is 0 Å². The third-order valence-corrected chi connectivity index (χ3v) is 4.70. The minimum absolute atomic E-state index is 0.0346. The second kappa shape index (κ2) is 8.87. The van der Waals surface area contributed by atoms with Gasteiger partial charge in [0.05, 0.1) is 5.69 Å². The van der Waals surface area contributed by atoms with E-state index in [9.17, 15) is 22.8 Å². The van der Waals surface area contributed by atoms with Crippen molar-refractivity contribution in [3.05, 3.63) is 64.8 Å². The molecule has 150 valence electrons. The molecule has 0 aliphatic rings. The lowest BCUT2D eigenvalue weighted by Gasteiger charge is -2.05. The van der Waals surface area contributed by atoms with Gasteiger partial charge in [0.25, 0.3) is 0 Å². The van der Waals surface area contributed by atoms with Crippen molar-refractivity contribution in [1.29, 1.82) is 0 Å². The van der Waals surface area contributed by atoms with Gasteiger partial charge < -0.3 is 10.6 Å². The minimum atomic E-state index is -0.575. The summed E-state index contributed by atoms with van der Waals surface area (Å²) in [5, 5.41) is 6.89. The lowest BCUT2D eigenvalue weighted by molar-refractivity contribution is -0.116. The Labute approximate surface area is 168 Å². The van der Waals surface area contributed by atoms with Crippen molar-refractivity contribution < 1.29 is 22.8 Å². The standard InChI is InChI=1S/C20H16F3N3O2S/c1-11(27)24-14-4-5-15(17(23)9-14)18-10-29-20(25-18)26-19(28)7-2-12-8-13(21)3-6-16(12)22/h3-6,8-10H,2,7H2,1H3,(H,24,27)(H,25,26,28). The van der Waals surface area contributed by atoms with Crippen molar-refractivity contribution in [2.45, 2.75) is 19.8 Å². The van der Waals surface area contributed by atoms with E-state index in [-0.39, 0.29) is 35.0 Å². The van der Waals surface area contributed by atoms with E-state index in [2.05, 4.69) is 15.6 Å². The summed E-state index contributed by atoms with van der Waals surface area (Å²) < 4.78 is 41.1. The molecule has 0 radical (unpaired) electrons. The van der Waals surface area contributed by atoms with Crippen molar-refractivity contribution >= 4 is 34.0 Å². The van der Waals surface area contributed by atoms with E-state index in [1.54, 1.807) is 11.4 Å². The molecule has 9 heteroatoms. The molecule has 1 heterocycles. The Morgan fingerprint density at radius 1 is 1.03 bits per heavy atom. The number of thiazole rings is 1. The van der Waals surface area contributed by atoms with E-state index in [0.717, 1.165) is 29.5 Å². The number of amides is 2. The molecule has 5 nitrogen and oxygen atoms in total. The largest absolute Gasteiger partial charge is 0.326 e. The van der Waals surface area contributed by atoms with Gasteiger partial charge in [-0.3, -0.25) is 9.59 Å². The molecule has 0 aliphatic heterocycles. The van der Waals surface area contributed by atoms with Gasteiger partial charge in [0, 0.05) is 30.0 Å². The average Bonchev–Trinajstić information content (AvgIpc) is 3.10. The molecule has 0 saturated carbocycles. The highest BCUT2D eigenvalue weighted by Gasteiger charge is 2.13. The van der Waals surface area contributed by atoms with Gasteiger partial charge in [-0.2, -0.15) is 0 Å². The van der Waals surface area contributed by atoms with Crippen LogP contribution in [0.25, 0.3) is 11.3 Å². The number of carbonyl (C=O) groups excluding carboxylic acids is 2. The van der Waals surface area contributed by atoms with E-state index in [0.29, 0.717) is 11.4 Å². The minimum Gasteiger partial charge on any atom is -0.326 e. The maximum absolute atomic E-state index is 14.3. The van der Waals surface area contributed by atoms with Crippen LogP contribution in [0.15, 0.2) is 41.8 Å². The first kappa shape index (κ1) is 20.5. The van der Waals surface area contributed by atoms with Gasteiger partial charge in [0.2, 0.25) is 11.8 Å². The predicted molar refractivity (Wildman–Crippen MR) is 105 cm³/mol. The van der Waals surface area contributed by atoms with Crippen LogP contribution in [0, 0.1) is 17.5 Å². The number of hydrogen-bond acceptors (Lipinski definition) is 4. The van der Waals surface area contributed by atoms with Crippen LogP contribution in [-0.4, -0.2) is 16.8 Å². The molecule has 2 N–H and O–H groups in total. The molecule has 0 atom stereocenters. The van der Waals surface area contributed by atoms with Crippen LogP contribution >= 0.6 is 11.3 Å². The molecule has 1 aromatic heterocycles. The highest BCUT2D eigenvalue weighted by molar-refractivity contribution is 7.14. The van der Waals surface area contributed by atoms with Gasteiger partial charge in [-0.25, -0.2) is 18.2 Å². The number of anilines is 2. The van der Waals surface area contributed by atoms with Crippen LogP contribution in [0.3, 0.4) is 0 Å². The van der Waals surface area contributed by atoms with Crippen LogP contribution in [-0.2, 0) is 16.0 Å². The Hall–Kier alpha value is -3.20. The summed E-state index contributed by atoms with van der Waals surface area (Å²) in [6, 6.07) is 7.29. The van der Waals surface area contributed by atoms with Crippen molar-refractivity contribution in [2.75, 3.05) is 10.6 Å². The second-order valence-corrected chi connectivity index (χ2v) is 7.06. The van der Waals surface area contributed by atoms with Gasteiger partial charge in [0.1, 0.15) is 17.5 Å². The summed E-state index contributed by atoms with van der Waals surface area (Å²) in [6.07, 6.45) is -0.0258. The van der Waals surface area contributed by atoms with Crippen molar-refractivity contribution in [3.8, 4) is 11.3 Å². The maximum Gasteiger partial charge on any atom is 0.226 e. The third kappa shape index (κ3) is 5.41. The lowest BCUT2D eigenvalue weighted by Crippen LogP contribution is -2.12. The Morgan fingerprint density at radius 2 is 1.83 bits per heavy atom. The highest BCUT2D eigenvalue weighted by atomic mass is 32.1. The molecular weight excluding hydrogens is 403 g/mol. The van der Waals surface area contributed by atoms with E-state index >= 15 is 0 Å². The van der Waals surface area contributed by atoms with Crippen molar-refractivity contribution in [3.63, 3.8) is 0 Å². The van der Waals surface area contributed by atoms with Crippen molar-refractivity contribution in [1.82, 2.24) is 4.98 Å². The molecular formula is C20H16F3N3O2S. The zero-order valence-corrected chi connectivity index (χ0v) is 16.1. The number of benzene rings is 2. The van der Waals surface area contributed by atoms with Gasteiger partial charge in [0.15, 0.2) is 5.13 Å². The monoisotopic (exact) mass is 419 g/mol. The highest BCUT2D eigenvalue weighted by Crippen LogP contribution is 2.28. The normalized spacial score (nSPS) is 10.6. The van der Waals surface area contributed by atoms with Gasteiger partial charge in [-0.1, -0.05) is 0 Å². The van der Waals surface area contributed by atoms with Crippen LogP contribution in [0.4, 0.5) is 24.0 Å². The van der Waals surface area contributed by atoms with Gasteiger partial charge >= 0.3 is 0 Å². The summed E-state index contributed by atoms with van der Waals surface area (Å²) in [5.74, 6) is -2.45. The predicted octanol–water partition coefficient (Wildman–Crippen LogP) is 4.76. The Bertz CT molecular complexity index is 1070. The Morgan fingerprint density at radius 3 is 2.55 bits per heavy atom. The fourth-order valence-corrected chi connectivity index (χ4v) is 3.35. The van der Waals surface area contributed by atoms with Crippen LogP contribution < -0.4 is 10.6 Å².